The molecule has 0 heterocycles. The Labute approximate surface area is 126 Å². The number of rotatable bonds is 4. The van der Waals surface area contributed by atoms with Gasteiger partial charge in [0.25, 0.3) is 0 Å². The predicted molar refractivity (Wildman–Crippen MR) is 72.4 cm³/mol. The topological polar surface area (TPSA) is 43.4 Å². The van der Waals surface area contributed by atoms with E-state index in [1.807, 2.05) is 0 Å². The fraction of sp³-hybridized carbons (Fsp3) is 0.571. The van der Waals surface area contributed by atoms with Crippen LogP contribution in [0, 0.1) is 11.7 Å². The summed E-state index contributed by atoms with van der Waals surface area (Å²) in [6.07, 6.45) is 3.75. The van der Waals surface area contributed by atoms with Gasteiger partial charge in [-0.15, -0.1) is 0 Å². The molecule has 124 valence electrons. The third kappa shape index (κ3) is 3.37. The molecule has 3 nitrogen and oxygen atoms in total. The standard InChI is InChI=1S/C14H16F4O3S/c1-2-3-9-4-6-11-10(8-9)5-7-12(13(11)15)21-22(19,20)14(16,17)18/h5,7,9H,2-4,6,8H2,1H3. The van der Waals surface area contributed by atoms with Gasteiger partial charge in [0.05, 0.1) is 0 Å². The predicted octanol–water partition coefficient (Wildman–Crippen LogP) is 3.96. The Balaban J connectivity index is 2.28. The van der Waals surface area contributed by atoms with Gasteiger partial charge in [0.1, 0.15) is 0 Å². The molecular formula is C14H16F4O3S. The maximum Gasteiger partial charge on any atom is 0.534 e. The van der Waals surface area contributed by atoms with Crippen LogP contribution in [-0.4, -0.2) is 13.9 Å². The number of alkyl halides is 3. The zero-order chi connectivity index (χ0) is 16.5. The van der Waals surface area contributed by atoms with Crippen LogP contribution in [0.1, 0.15) is 37.3 Å². The molecule has 1 unspecified atom stereocenters. The molecule has 0 bridgehead atoms. The van der Waals surface area contributed by atoms with Crippen molar-refractivity contribution in [1.82, 2.24) is 0 Å². The van der Waals surface area contributed by atoms with Gasteiger partial charge < -0.3 is 4.18 Å². The highest BCUT2D eigenvalue weighted by atomic mass is 32.2. The molecule has 1 aromatic carbocycles. The monoisotopic (exact) mass is 340 g/mol. The van der Waals surface area contributed by atoms with Gasteiger partial charge in [0, 0.05) is 0 Å². The van der Waals surface area contributed by atoms with E-state index in [1.165, 1.54) is 6.07 Å². The van der Waals surface area contributed by atoms with Gasteiger partial charge in [-0.05, 0) is 42.4 Å². The zero-order valence-electron chi connectivity index (χ0n) is 11.9. The summed E-state index contributed by atoms with van der Waals surface area (Å²) in [6, 6.07) is 2.40. The first-order chi connectivity index (χ1) is 10.2. The highest BCUT2D eigenvalue weighted by Crippen LogP contribution is 2.35. The summed E-state index contributed by atoms with van der Waals surface area (Å²) in [7, 11) is -5.86. The number of hydrogen-bond donors (Lipinski definition) is 0. The van der Waals surface area contributed by atoms with E-state index in [0.717, 1.165) is 25.3 Å². The number of benzene rings is 1. The molecule has 0 saturated heterocycles. The van der Waals surface area contributed by atoms with Crippen LogP contribution in [0.2, 0.25) is 0 Å². The van der Waals surface area contributed by atoms with Crippen LogP contribution in [0.25, 0.3) is 0 Å². The maximum atomic E-state index is 14.2. The summed E-state index contributed by atoms with van der Waals surface area (Å²) in [5.41, 5.74) is -4.62. The van der Waals surface area contributed by atoms with E-state index in [4.69, 9.17) is 0 Å². The first-order valence-corrected chi connectivity index (χ1v) is 8.37. The minimum Gasteiger partial charge on any atom is -0.373 e. The normalized spacial score (nSPS) is 18.9. The minimum atomic E-state index is -5.86. The molecule has 0 saturated carbocycles. The molecule has 0 N–H and O–H groups in total. The van der Waals surface area contributed by atoms with Crippen molar-refractivity contribution in [1.29, 1.82) is 0 Å². The Morgan fingerprint density at radius 3 is 2.59 bits per heavy atom. The molecule has 0 amide bonds. The zero-order valence-corrected chi connectivity index (χ0v) is 12.7. The Kier molecular flexibility index (Phi) is 4.70. The van der Waals surface area contributed by atoms with Crippen LogP contribution in [0.15, 0.2) is 12.1 Å². The Hall–Kier alpha value is -1.31. The van der Waals surface area contributed by atoms with Gasteiger partial charge in [-0.1, -0.05) is 25.8 Å². The molecule has 0 spiro atoms. The third-order valence-electron chi connectivity index (χ3n) is 3.80. The van der Waals surface area contributed by atoms with Crippen molar-refractivity contribution in [2.75, 3.05) is 0 Å². The van der Waals surface area contributed by atoms with Gasteiger partial charge >= 0.3 is 15.6 Å². The Morgan fingerprint density at radius 2 is 2.00 bits per heavy atom. The van der Waals surface area contributed by atoms with E-state index in [2.05, 4.69) is 11.1 Å². The molecule has 0 aromatic heterocycles. The van der Waals surface area contributed by atoms with Gasteiger partial charge in [0.2, 0.25) is 0 Å². The highest BCUT2D eigenvalue weighted by Gasteiger charge is 2.49. The second-order valence-corrected chi connectivity index (χ2v) is 6.93. The van der Waals surface area contributed by atoms with E-state index in [0.29, 0.717) is 24.3 Å². The number of halogens is 4. The molecule has 1 atom stereocenters. The summed E-state index contributed by atoms with van der Waals surface area (Å²) in [4.78, 5) is 0. The molecular weight excluding hydrogens is 324 g/mol. The lowest BCUT2D eigenvalue weighted by Crippen LogP contribution is -2.28. The van der Waals surface area contributed by atoms with Crippen molar-refractivity contribution in [3.8, 4) is 5.75 Å². The SMILES string of the molecule is CCCC1CCc2c(ccc(OS(=O)(=O)C(F)(F)F)c2F)C1. The van der Waals surface area contributed by atoms with Crippen LogP contribution in [0.4, 0.5) is 17.6 Å². The lowest BCUT2D eigenvalue weighted by molar-refractivity contribution is -0.0501. The fourth-order valence-corrected chi connectivity index (χ4v) is 3.21. The van der Waals surface area contributed by atoms with Crippen LogP contribution in [0.5, 0.6) is 5.75 Å². The fourth-order valence-electron chi connectivity index (χ4n) is 2.75. The summed E-state index contributed by atoms with van der Waals surface area (Å²) >= 11 is 0. The molecule has 1 aliphatic rings. The molecule has 22 heavy (non-hydrogen) atoms. The van der Waals surface area contributed by atoms with Crippen molar-refractivity contribution in [3.05, 3.63) is 29.1 Å². The smallest absolute Gasteiger partial charge is 0.373 e. The molecule has 0 fully saturated rings. The second-order valence-electron chi connectivity index (χ2n) is 5.40. The Bertz CT molecular complexity index is 653. The maximum absolute atomic E-state index is 14.2. The van der Waals surface area contributed by atoms with Crippen molar-refractivity contribution in [2.45, 2.75) is 44.5 Å². The van der Waals surface area contributed by atoms with Gasteiger partial charge in [-0.2, -0.15) is 21.6 Å². The summed E-state index contributed by atoms with van der Waals surface area (Å²) in [5, 5.41) is 0. The lowest BCUT2D eigenvalue weighted by atomic mass is 9.81. The summed E-state index contributed by atoms with van der Waals surface area (Å²) in [6.45, 7) is 2.05. The van der Waals surface area contributed by atoms with Gasteiger partial charge in [0.15, 0.2) is 11.6 Å². The van der Waals surface area contributed by atoms with Crippen molar-refractivity contribution in [2.24, 2.45) is 5.92 Å². The van der Waals surface area contributed by atoms with Crippen molar-refractivity contribution < 1.29 is 30.2 Å². The van der Waals surface area contributed by atoms with E-state index in [-0.39, 0.29) is 5.56 Å². The van der Waals surface area contributed by atoms with Crippen molar-refractivity contribution >= 4 is 10.1 Å². The average Bonchev–Trinajstić information content (AvgIpc) is 2.41. The van der Waals surface area contributed by atoms with E-state index >= 15 is 0 Å². The van der Waals surface area contributed by atoms with Crippen LogP contribution in [0.3, 0.4) is 0 Å². The molecule has 1 aliphatic carbocycles. The third-order valence-corrected chi connectivity index (χ3v) is 4.76. The first-order valence-electron chi connectivity index (χ1n) is 6.96. The highest BCUT2D eigenvalue weighted by molar-refractivity contribution is 7.88. The van der Waals surface area contributed by atoms with Crippen molar-refractivity contribution in [3.63, 3.8) is 0 Å². The summed E-state index contributed by atoms with van der Waals surface area (Å²) in [5.74, 6) is -1.49. The van der Waals surface area contributed by atoms with E-state index in [1.54, 1.807) is 0 Å². The first kappa shape index (κ1) is 17.1. The molecule has 2 rings (SSSR count). The molecule has 0 radical (unpaired) electrons. The lowest BCUT2D eigenvalue weighted by Gasteiger charge is -2.25. The molecule has 8 heteroatoms. The molecule has 1 aromatic rings. The number of hydrogen-bond acceptors (Lipinski definition) is 3. The van der Waals surface area contributed by atoms with Crippen LogP contribution >= 0.6 is 0 Å². The van der Waals surface area contributed by atoms with E-state index in [9.17, 15) is 26.0 Å². The van der Waals surface area contributed by atoms with Crippen LogP contribution < -0.4 is 4.18 Å². The second kappa shape index (κ2) is 6.06. The quantitative estimate of drug-likeness (QED) is 0.473. The van der Waals surface area contributed by atoms with Gasteiger partial charge in [-0.25, -0.2) is 4.39 Å². The van der Waals surface area contributed by atoms with Gasteiger partial charge in [-0.3, -0.25) is 0 Å². The van der Waals surface area contributed by atoms with E-state index < -0.39 is 27.2 Å². The van der Waals surface area contributed by atoms with Crippen LogP contribution in [-0.2, 0) is 23.0 Å². The number of fused-ring (bicyclic) bond motifs is 1. The summed E-state index contributed by atoms with van der Waals surface area (Å²) < 4.78 is 76.9. The minimum absolute atomic E-state index is 0.252. The molecule has 0 aliphatic heterocycles. The Morgan fingerprint density at radius 1 is 1.32 bits per heavy atom. The largest absolute Gasteiger partial charge is 0.534 e. The average molecular weight is 340 g/mol.